The molecule has 1 unspecified atom stereocenters. The van der Waals surface area contributed by atoms with Crippen LogP contribution in [-0.4, -0.2) is 78.9 Å². The molecule has 0 bridgehead atoms. The molecular formula is C32H53N5O6. The summed E-state index contributed by atoms with van der Waals surface area (Å²) in [7, 11) is 1.59. The molecule has 0 radical (unpaired) electrons. The molecule has 0 aromatic heterocycles. The molecule has 11 heteroatoms. The number of urea groups is 1. The van der Waals surface area contributed by atoms with E-state index in [1.54, 1.807) is 12.0 Å². The van der Waals surface area contributed by atoms with Crippen LogP contribution in [0.4, 0.5) is 4.79 Å². The lowest BCUT2D eigenvalue weighted by molar-refractivity contribution is -0.145. The van der Waals surface area contributed by atoms with Gasteiger partial charge in [0.05, 0.1) is 18.7 Å². The summed E-state index contributed by atoms with van der Waals surface area (Å²) in [5.74, 6) is -2.28. The van der Waals surface area contributed by atoms with Gasteiger partial charge in [-0.05, 0) is 53.3 Å². The van der Waals surface area contributed by atoms with Crippen molar-refractivity contribution in [1.29, 1.82) is 0 Å². The minimum atomic E-state index is -1.07. The highest BCUT2D eigenvalue weighted by molar-refractivity contribution is 6.37. The standard InChI is InChI=1S/C32H53N5O6/c1-30(2,3)21(17-43-7)35-29(42)36-25(32(6)13-8-9-14-32)28(41)37-16-19-22(31(19,4)5)23(37)27(40)34-20(24(38)26(33)39)15-18-11-10-12-18/h18-23,25H,8-17H2,1-7H3,(H2,33,39)(H,34,40)(H2,35,36,42)/t19-,20?,21+,22-,23-,25+/m0/s1. The molecule has 4 fully saturated rings. The monoisotopic (exact) mass is 603 g/mol. The number of carbonyl (C=O) groups excluding carboxylic acids is 5. The summed E-state index contributed by atoms with van der Waals surface area (Å²) in [5, 5.41) is 8.87. The Morgan fingerprint density at radius 3 is 2.12 bits per heavy atom. The van der Waals surface area contributed by atoms with Gasteiger partial charge in [-0.25, -0.2) is 4.79 Å². The van der Waals surface area contributed by atoms with Crippen LogP contribution in [0.1, 0.15) is 92.9 Å². The molecule has 1 heterocycles. The van der Waals surface area contributed by atoms with Crippen molar-refractivity contribution < 1.29 is 28.7 Å². The number of fused-ring (bicyclic) bond motifs is 1. The fraction of sp³-hybridized carbons (Fsp3) is 0.844. The quantitative estimate of drug-likeness (QED) is 0.251. The Labute approximate surface area is 256 Å². The number of carbonyl (C=O) groups is 5. The molecule has 43 heavy (non-hydrogen) atoms. The Bertz CT molecular complexity index is 1110. The van der Waals surface area contributed by atoms with Gasteiger partial charge < -0.3 is 31.3 Å². The number of likely N-dealkylation sites (tertiary alicyclic amines) is 1. The lowest BCUT2D eigenvalue weighted by Gasteiger charge is -2.40. The van der Waals surface area contributed by atoms with Crippen molar-refractivity contribution in [3.8, 4) is 0 Å². The fourth-order valence-electron chi connectivity index (χ4n) is 7.71. The number of methoxy groups -OCH3 is 1. The summed E-state index contributed by atoms with van der Waals surface area (Å²) in [4.78, 5) is 68.0. The van der Waals surface area contributed by atoms with Gasteiger partial charge in [0.25, 0.3) is 5.91 Å². The highest BCUT2D eigenvalue weighted by atomic mass is 16.5. The zero-order valence-electron chi connectivity index (χ0n) is 27.1. The molecule has 242 valence electrons. The third-order valence-electron chi connectivity index (χ3n) is 11.1. The summed E-state index contributed by atoms with van der Waals surface area (Å²) in [5.41, 5.74) is 4.46. The van der Waals surface area contributed by atoms with Crippen LogP contribution < -0.4 is 21.7 Å². The molecule has 1 aliphatic heterocycles. The normalized spacial score (nSPS) is 27.7. The van der Waals surface area contributed by atoms with Gasteiger partial charge in [-0.15, -0.1) is 0 Å². The van der Waals surface area contributed by atoms with E-state index in [1.807, 2.05) is 27.7 Å². The van der Waals surface area contributed by atoms with Crippen LogP contribution in [0.25, 0.3) is 0 Å². The summed E-state index contributed by atoms with van der Waals surface area (Å²) >= 11 is 0. The number of nitrogens with two attached hydrogens (primary N) is 1. The molecule has 5 amide bonds. The molecule has 0 aromatic carbocycles. The van der Waals surface area contributed by atoms with Crippen LogP contribution in [0.3, 0.4) is 0 Å². The molecule has 4 rings (SSSR count). The van der Waals surface area contributed by atoms with E-state index in [2.05, 4.69) is 29.8 Å². The molecule has 0 spiro atoms. The SMILES string of the molecule is COC[C@@H](NC(=O)N[C@H](C(=O)N1C[C@H]2[C@@H]([C@H]1C(=O)NC(CC1CCC1)C(=O)C(N)=O)C2(C)C)C1(C)CCCC1)C(C)(C)C. The maximum Gasteiger partial charge on any atom is 0.315 e. The zero-order valence-corrected chi connectivity index (χ0v) is 27.1. The van der Waals surface area contributed by atoms with E-state index in [4.69, 9.17) is 10.5 Å². The summed E-state index contributed by atoms with van der Waals surface area (Å²) < 4.78 is 5.34. The predicted molar refractivity (Wildman–Crippen MR) is 162 cm³/mol. The third-order valence-corrected chi connectivity index (χ3v) is 11.1. The molecule has 3 aliphatic carbocycles. The zero-order chi connectivity index (χ0) is 31.9. The summed E-state index contributed by atoms with van der Waals surface area (Å²) in [6, 6.07) is -3.35. The Kier molecular flexibility index (Phi) is 9.55. The van der Waals surface area contributed by atoms with E-state index < -0.39 is 47.2 Å². The van der Waals surface area contributed by atoms with Gasteiger partial charge in [0, 0.05) is 13.7 Å². The first kappa shape index (κ1) is 33.2. The number of nitrogens with one attached hydrogen (secondary N) is 3. The van der Waals surface area contributed by atoms with Crippen LogP contribution in [0.2, 0.25) is 0 Å². The van der Waals surface area contributed by atoms with Gasteiger partial charge in [-0.2, -0.15) is 0 Å². The lowest BCUT2D eigenvalue weighted by Crippen LogP contribution is -2.63. The smallest absolute Gasteiger partial charge is 0.315 e. The van der Waals surface area contributed by atoms with Gasteiger partial charge in [0.2, 0.25) is 17.6 Å². The summed E-state index contributed by atoms with van der Waals surface area (Å²) in [6.45, 7) is 13.0. The number of rotatable bonds is 12. The molecule has 11 nitrogen and oxygen atoms in total. The number of nitrogens with zero attached hydrogens (tertiary/aromatic N) is 1. The van der Waals surface area contributed by atoms with Gasteiger partial charge >= 0.3 is 6.03 Å². The lowest BCUT2D eigenvalue weighted by atomic mass is 9.79. The Morgan fingerprint density at radius 2 is 1.60 bits per heavy atom. The highest BCUT2D eigenvalue weighted by Gasteiger charge is 2.70. The predicted octanol–water partition coefficient (Wildman–Crippen LogP) is 2.51. The second-order valence-electron chi connectivity index (χ2n) is 15.5. The van der Waals surface area contributed by atoms with Crippen molar-refractivity contribution in [2.75, 3.05) is 20.3 Å². The average Bonchev–Trinajstić information content (AvgIpc) is 3.27. The van der Waals surface area contributed by atoms with Crippen LogP contribution >= 0.6 is 0 Å². The summed E-state index contributed by atoms with van der Waals surface area (Å²) in [6.07, 6.45) is 6.79. The molecule has 5 N–H and O–H groups in total. The molecule has 0 aromatic rings. The van der Waals surface area contributed by atoms with Crippen molar-refractivity contribution in [2.24, 2.45) is 39.7 Å². The molecule has 4 aliphatic rings. The first-order valence-corrected chi connectivity index (χ1v) is 16.0. The highest BCUT2D eigenvalue weighted by Crippen LogP contribution is 2.65. The first-order valence-electron chi connectivity index (χ1n) is 16.0. The second kappa shape index (κ2) is 12.4. The number of amides is 5. The van der Waals surface area contributed by atoms with Crippen molar-refractivity contribution in [3.05, 3.63) is 0 Å². The van der Waals surface area contributed by atoms with Crippen molar-refractivity contribution in [3.63, 3.8) is 0 Å². The number of primary amides is 1. The van der Waals surface area contributed by atoms with Crippen molar-refractivity contribution in [2.45, 2.75) is 117 Å². The number of ether oxygens (including phenoxy) is 1. The van der Waals surface area contributed by atoms with Gasteiger partial charge in [-0.1, -0.05) is 73.6 Å². The van der Waals surface area contributed by atoms with E-state index in [-0.39, 0.29) is 40.5 Å². The fourth-order valence-corrected chi connectivity index (χ4v) is 7.71. The van der Waals surface area contributed by atoms with Crippen LogP contribution in [0, 0.1) is 34.0 Å². The number of piperidine rings is 1. The van der Waals surface area contributed by atoms with E-state index in [1.165, 1.54) is 0 Å². The molecule has 3 saturated carbocycles. The van der Waals surface area contributed by atoms with E-state index in [0.717, 1.165) is 44.9 Å². The minimum absolute atomic E-state index is 0.0812. The number of hydrogen-bond donors (Lipinski definition) is 4. The van der Waals surface area contributed by atoms with Crippen molar-refractivity contribution >= 4 is 29.5 Å². The maximum atomic E-state index is 14.5. The number of ketones is 1. The van der Waals surface area contributed by atoms with Crippen LogP contribution in [-0.2, 0) is 23.9 Å². The first-order chi connectivity index (χ1) is 20.0. The topological polar surface area (TPSA) is 160 Å². The van der Waals surface area contributed by atoms with E-state index >= 15 is 0 Å². The minimum Gasteiger partial charge on any atom is -0.383 e. The third kappa shape index (κ3) is 6.86. The number of hydrogen-bond acceptors (Lipinski definition) is 6. The molecule has 6 atom stereocenters. The molecule has 1 saturated heterocycles. The van der Waals surface area contributed by atoms with Gasteiger partial charge in [0.15, 0.2) is 0 Å². The van der Waals surface area contributed by atoms with E-state index in [9.17, 15) is 24.0 Å². The average molecular weight is 604 g/mol. The number of Topliss-reactive ketones (excluding diaryl/α,β-unsaturated/α-hetero) is 1. The van der Waals surface area contributed by atoms with Crippen LogP contribution in [0.15, 0.2) is 0 Å². The van der Waals surface area contributed by atoms with Crippen LogP contribution in [0.5, 0.6) is 0 Å². The van der Waals surface area contributed by atoms with Gasteiger partial charge in [0.1, 0.15) is 12.1 Å². The Morgan fingerprint density at radius 1 is 0.977 bits per heavy atom. The largest absolute Gasteiger partial charge is 0.383 e. The Balaban J connectivity index is 1.57. The Hall–Kier alpha value is -2.69. The maximum absolute atomic E-state index is 14.5. The van der Waals surface area contributed by atoms with Gasteiger partial charge in [-0.3, -0.25) is 19.2 Å². The van der Waals surface area contributed by atoms with Crippen molar-refractivity contribution in [1.82, 2.24) is 20.9 Å². The second-order valence-corrected chi connectivity index (χ2v) is 15.5. The molecular weight excluding hydrogens is 550 g/mol. The van der Waals surface area contributed by atoms with E-state index in [0.29, 0.717) is 19.6 Å².